The van der Waals surface area contributed by atoms with Gasteiger partial charge in [0.2, 0.25) is 0 Å². The van der Waals surface area contributed by atoms with E-state index in [1.54, 1.807) is 0 Å². The van der Waals surface area contributed by atoms with Gasteiger partial charge in [-0.2, -0.15) is 0 Å². The quantitative estimate of drug-likeness (QED) is 0.177. The summed E-state index contributed by atoms with van der Waals surface area (Å²) in [5, 5.41) is 5.10. The van der Waals surface area contributed by atoms with Gasteiger partial charge < -0.3 is 4.90 Å². The van der Waals surface area contributed by atoms with E-state index in [0.29, 0.717) is 0 Å². The van der Waals surface area contributed by atoms with Crippen molar-refractivity contribution in [3.63, 3.8) is 0 Å². The van der Waals surface area contributed by atoms with Crippen molar-refractivity contribution in [3.8, 4) is 33.4 Å². The maximum atomic E-state index is 2.44. The van der Waals surface area contributed by atoms with E-state index in [1.807, 2.05) is 11.3 Å². The Kier molecular flexibility index (Phi) is 7.07. The van der Waals surface area contributed by atoms with E-state index < -0.39 is 0 Å². The number of anilines is 3. The molecular weight excluding hydrogens is 599 g/mol. The van der Waals surface area contributed by atoms with Gasteiger partial charge in [-0.15, -0.1) is 11.3 Å². The van der Waals surface area contributed by atoms with Crippen LogP contribution >= 0.6 is 11.3 Å². The number of hydrogen-bond acceptors (Lipinski definition) is 2. The van der Waals surface area contributed by atoms with E-state index >= 15 is 0 Å². The first-order valence-corrected chi connectivity index (χ1v) is 17.2. The number of rotatable bonds is 6. The lowest BCUT2D eigenvalue weighted by molar-refractivity contribution is 1.28. The second kappa shape index (κ2) is 12.0. The molecule has 0 aliphatic carbocycles. The first kappa shape index (κ1) is 28.3. The highest BCUT2D eigenvalue weighted by Gasteiger charge is 2.21. The zero-order valence-corrected chi connectivity index (χ0v) is 27.1. The van der Waals surface area contributed by atoms with Gasteiger partial charge in [-0.05, 0) is 81.6 Å². The standard InChI is InChI=1S/C46H31NS/c1-2-12-32(13-3-1)34-24-27-38(28-25-34)47(43-19-9-6-16-39(43)36-23-22-33-14-4-5-15-35(33)30-36)44-20-10-7-17-40(44)37-26-29-46-42(31-37)41-18-8-11-21-45(41)48-46/h1-31H. The van der Waals surface area contributed by atoms with Crippen molar-refractivity contribution in [2.24, 2.45) is 0 Å². The fourth-order valence-electron chi connectivity index (χ4n) is 6.92. The third-order valence-corrected chi connectivity index (χ3v) is 10.4. The molecule has 0 aliphatic rings. The lowest BCUT2D eigenvalue weighted by Crippen LogP contribution is -2.12. The van der Waals surface area contributed by atoms with E-state index in [9.17, 15) is 0 Å². The van der Waals surface area contributed by atoms with E-state index in [2.05, 4.69) is 193 Å². The van der Waals surface area contributed by atoms with Gasteiger partial charge in [-0.1, -0.05) is 140 Å². The summed E-state index contributed by atoms with van der Waals surface area (Å²) in [6, 6.07) is 68.2. The number of benzene rings is 8. The summed E-state index contributed by atoms with van der Waals surface area (Å²) in [5.74, 6) is 0. The molecule has 0 aliphatic heterocycles. The van der Waals surface area contributed by atoms with Gasteiger partial charge in [0.15, 0.2) is 0 Å². The lowest BCUT2D eigenvalue weighted by atomic mass is 9.96. The predicted molar refractivity (Wildman–Crippen MR) is 208 cm³/mol. The molecule has 9 rings (SSSR count). The summed E-state index contributed by atoms with van der Waals surface area (Å²) in [5.41, 5.74) is 10.6. The third-order valence-electron chi connectivity index (χ3n) is 9.27. The number of thiophene rings is 1. The monoisotopic (exact) mass is 629 g/mol. The SMILES string of the molecule is c1ccc(-c2ccc(N(c3ccccc3-c3ccc4ccccc4c3)c3ccccc3-c3ccc4sc5ccccc5c4c3)cc2)cc1. The van der Waals surface area contributed by atoms with Crippen molar-refractivity contribution in [2.75, 3.05) is 4.90 Å². The fraction of sp³-hybridized carbons (Fsp3) is 0. The predicted octanol–water partition coefficient (Wildman–Crippen LogP) is 13.7. The van der Waals surface area contributed by atoms with Crippen LogP contribution in [0.25, 0.3) is 64.3 Å². The molecule has 0 radical (unpaired) electrons. The maximum absolute atomic E-state index is 2.44. The second-order valence-electron chi connectivity index (χ2n) is 12.2. The second-order valence-corrected chi connectivity index (χ2v) is 13.2. The summed E-state index contributed by atoms with van der Waals surface area (Å²) in [6.07, 6.45) is 0. The molecule has 226 valence electrons. The Morgan fingerprint density at radius 1 is 0.333 bits per heavy atom. The van der Waals surface area contributed by atoms with Crippen molar-refractivity contribution in [3.05, 3.63) is 188 Å². The molecular formula is C46H31NS. The molecule has 1 aromatic heterocycles. The lowest BCUT2D eigenvalue weighted by Gasteiger charge is -2.30. The molecule has 0 unspecified atom stereocenters. The van der Waals surface area contributed by atoms with Crippen LogP contribution in [0.1, 0.15) is 0 Å². The van der Waals surface area contributed by atoms with E-state index in [4.69, 9.17) is 0 Å². The van der Waals surface area contributed by atoms with Gasteiger partial charge in [0.05, 0.1) is 11.4 Å². The number of nitrogens with zero attached hydrogens (tertiary/aromatic N) is 1. The minimum absolute atomic E-state index is 1.11. The van der Waals surface area contributed by atoms with Crippen molar-refractivity contribution in [1.29, 1.82) is 0 Å². The summed E-state index contributed by atoms with van der Waals surface area (Å²) < 4.78 is 2.63. The maximum Gasteiger partial charge on any atom is 0.0540 e. The van der Waals surface area contributed by atoms with Crippen LogP contribution in [0.2, 0.25) is 0 Å². The Balaban J connectivity index is 1.25. The van der Waals surface area contributed by atoms with E-state index in [-0.39, 0.29) is 0 Å². The molecule has 0 fully saturated rings. The summed E-state index contributed by atoms with van der Waals surface area (Å²) >= 11 is 1.86. The van der Waals surface area contributed by atoms with Crippen LogP contribution in [0, 0.1) is 0 Å². The third kappa shape index (κ3) is 5.04. The van der Waals surface area contributed by atoms with Gasteiger partial charge >= 0.3 is 0 Å². The Morgan fingerprint density at radius 3 is 1.65 bits per heavy atom. The van der Waals surface area contributed by atoms with Crippen LogP contribution in [0.4, 0.5) is 17.1 Å². The topological polar surface area (TPSA) is 3.24 Å². The molecule has 0 saturated heterocycles. The molecule has 1 heterocycles. The van der Waals surface area contributed by atoms with Crippen molar-refractivity contribution in [2.45, 2.75) is 0 Å². The number of hydrogen-bond donors (Lipinski definition) is 0. The molecule has 0 bridgehead atoms. The number of fused-ring (bicyclic) bond motifs is 4. The highest BCUT2D eigenvalue weighted by Crippen LogP contribution is 2.46. The van der Waals surface area contributed by atoms with Gasteiger partial charge in [0.25, 0.3) is 0 Å². The van der Waals surface area contributed by atoms with Gasteiger partial charge in [0, 0.05) is 37.0 Å². The molecule has 0 atom stereocenters. The minimum Gasteiger partial charge on any atom is -0.309 e. The summed E-state index contributed by atoms with van der Waals surface area (Å²) in [4.78, 5) is 2.44. The van der Waals surface area contributed by atoms with Gasteiger partial charge in [0.1, 0.15) is 0 Å². The van der Waals surface area contributed by atoms with E-state index in [1.165, 1.54) is 64.3 Å². The highest BCUT2D eigenvalue weighted by molar-refractivity contribution is 7.25. The van der Waals surface area contributed by atoms with Crippen LogP contribution in [-0.4, -0.2) is 0 Å². The van der Waals surface area contributed by atoms with Crippen LogP contribution in [0.5, 0.6) is 0 Å². The average molecular weight is 630 g/mol. The van der Waals surface area contributed by atoms with Crippen LogP contribution < -0.4 is 4.90 Å². The van der Waals surface area contributed by atoms with Crippen LogP contribution in [0.15, 0.2) is 188 Å². The Hall–Kier alpha value is -5.96. The molecule has 9 aromatic rings. The van der Waals surface area contributed by atoms with E-state index in [0.717, 1.165) is 17.1 Å². The number of para-hydroxylation sites is 2. The first-order valence-electron chi connectivity index (χ1n) is 16.3. The molecule has 1 nitrogen and oxygen atoms in total. The zero-order chi connectivity index (χ0) is 31.9. The first-order chi connectivity index (χ1) is 23.8. The molecule has 48 heavy (non-hydrogen) atoms. The molecule has 8 aromatic carbocycles. The largest absolute Gasteiger partial charge is 0.309 e. The Morgan fingerprint density at radius 2 is 0.875 bits per heavy atom. The summed E-state index contributed by atoms with van der Waals surface area (Å²) in [6.45, 7) is 0. The molecule has 0 spiro atoms. The summed E-state index contributed by atoms with van der Waals surface area (Å²) in [7, 11) is 0. The Bertz CT molecular complexity index is 2560. The normalized spacial score (nSPS) is 11.3. The minimum atomic E-state index is 1.11. The van der Waals surface area contributed by atoms with Crippen LogP contribution in [-0.2, 0) is 0 Å². The zero-order valence-electron chi connectivity index (χ0n) is 26.3. The smallest absolute Gasteiger partial charge is 0.0540 e. The molecule has 0 N–H and O–H groups in total. The molecule has 2 heteroatoms. The van der Waals surface area contributed by atoms with Crippen molar-refractivity contribution >= 4 is 59.3 Å². The highest BCUT2D eigenvalue weighted by atomic mass is 32.1. The van der Waals surface area contributed by atoms with Crippen molar-refractivity contribution < 1.29 is 0 Å². The van der Waals surface area contributed by atoms with Crippen molar-refractivity contribution in [1.82, 2.24) is 0 Å². The fourth-order valence-corrected chi connectivity index (χ4v) is 8.00. The average Bonchev–Trinajstić information content (AvgIpc) is 3.54. The molecule has 0 saturated carbocycles. The van der Waals surface area contributed by atoms with Gasteiger partial charge in [-0.25, -0.2) is 0 Å². The molecule has 0 amide bonds. The van der Waals surface area contributed by atoms with Gasteiger partial charge in [-0.3, -0.25) is 0 Å². The Labute approximate surface area is 284 Å². The van der Waals surface area contributed by atoms with Crippen LogP contribution in [0.3, 0.4) is 0 Å².